The Bertz CT molecular complexity index is 1370. The molecule has 0 aliphatic heterocycles. The molecule has 3 aromatic rings. The summed E-state index contributed by atoms with van der Waals surface area (Å²) in [5.41, 5.74) is 1.16. The molecule has 2 aromatic carbocycles. The molecule has 39 heavy (non-hydrogen) atoms. The molecule has 9 heteroatoms. The zero-order valence-electron chi connectivity index (χ0n) is 22.1. The summed E-state index contributed by atoms with van der Waals surface area (Å²) < 4.78 is 27.5. The molecule has 0 fully saturated rings. The minimum Gasteiger partial charge on any atom is -0.490 e. The van der Waals surface area contributed by atoms with E-state index < -0.39 is 11.9 Å². The fourth-order valence-electron chi connectivity index (χ4n) is 3.44. The Hall–Kier alpha value is -4.97. The number of rotatable bonds is 13. The third kappa shape index (κ3) is 8.54. The summed E-state index contributed by atoms with van der Waals surface area (Å²) in [7, 11) is 0. The summed E-state index contributed by atoms with van der Waals surface area (Å²) in [4.78, 5) is 25.0. The van der Waals surface area contributed by atoms with Gasteiger partial charge in [-0.15, -0.1) is 0 Å². The number of hydrogen-bond donors (Lipinski definition) is 1. The van der Waals surface area contributed by atoms with Crippen molar-refractivity contribution in [1.29, 1.82) is 5.26 Å². The van der Waals surface area contributed by atoms with Crippen LogP contribution in [-0.4, -0.2) is 31.7 Å². The van der Waals surface area contributed by atoms with E-state index in [1.54, 1.807) is 55.5 Å². The van der Waals surface area contributed by atoms with Gasteiger partial charge in [0.15, 0.2) is 23.0 Å². The van der Waals surface area contributed by atoms with Crippen LogP contribution in [0.15, 0.2) is 70.9 Å². The molecule has 202 valence electrons. The summed E-state index contributed by atoms with van der Waals surface area (Å²) in [5.74, 6) is 1.12. The lowest BCUT2D eigenvalue weighted by Crippen LogP contribution is -2.23. The lowest BCUT2D eigenvalue weighted by Gasteiger charge is -2.11. The molecule has 0 aliphatic carbocycles. The number of esters is 1. The number of amides is 1. The lowest BCUT2D eigenvalue weighted by atomic mass is 10.1. The van der Waals surface area contributed by atoms with E-state index in [0.717, 1.165) is 5.56 Å². The van der Waals surface area contributed by atoms with E-state index >= 15 is 0 Å². The predicted molar refractivity (Wildman–Crippen MR) is 145 cm³/mol. The number of ether oxygens (including phenoxy) is 4. The van der Waals surface area contributed by atoms with Crippen molar-refractivity contribution in [2.45, 2.75) is 27.3 Å². The SMILES string of the molecule is CCOc1ccc(/C=C/C(=O)Oc2ccc(/C=C(\C#N)C(=O)NCc3ccco3)cc2OCC)cc1OCC. The zero-order chi connectivity index (χ0) is 28.0. The van der Waals surface area contributed by atoms with E-state index in [0.29, 0.717) is 48.4 Å². The maximum atomic E-state index is 12.6. The van der Waals surface area contributed by atoms with Crippen molar-refractivity contribution in [3.8, 4) is 29.1 Å². The van der Waals surface area contributed by atoms with Gasteiger partial charge in [0.25, 0.3) is 5.91 Å². The Labute approximate surface area is 227 Å². The molecular formula is C30H30N2O7. The summed E-state index contributed by atoms with van der Waals surface area (Å²) in [5, 5.41) is 12.1. The highest BCUT2D eigenvalue weighted by Gasteiger charge is 2.13. The average molecular weight is 531 g/mol. The van der Waals surface area contributed by atoms with Crippen LogP contribution >= 0.6 is 0 Å². The quantitative estimate of drug-likeness (QED) is 0.136. The first kappa shape index (κ1) is 28.6. The second-order valence-electron chi connectivity index (χ2n) is 7.90. The largest absolute Gasteiger partial charge is 0.490 e. The molecule has 0 spiro atoms. The number of benzene rings is 2. The molecule has 0 radical (unpaired) electrons. The summed E-state index contributed by atoms with van der Waals surface area (Å²) in [6.07, 6.45) is 5.83. The molecule has 9 nitrogen and oxygen atoms in total. The number of carbonyl (C=O) groups excluding carboxylic acids is 2. The van der Waals surface area contributed by atoms with Gasteiger partial charge in [-0.05, 0) is 80.4 Å². The normalized spacial score (nSPS) is 11.1. The van der Waals surface area contributed by atoms with Gasteiger partial charge >= 0.3 is 5.97 Å². The molecule has 0 atom stereocenters. The Morgan fingerprint density at radius 1 is 0.897 bits per heavy atom. The smallest absolute Gasteiger partial charge is 0.336 e. The van der Waals surface area contributed by atoms with Crippen LogP contribution in [0.3, 0.4) is 0 Å². The molecule has 0 saturated heterocycles. The van der Waals surface area contributed by atoms with Gasteiger partial charge in [-0.3, -0.25) is 4.79 Å². The predicted octanol–water partition coefficient (Wildman–Crippen LogP) is 5.32. The van der Waals surface area contributed by atoms with Gasteiger partial charge in [0.1, 0.15) is 17.4 Å². The molecular weight excluding hydrogens is 500 g/mol. The fraction of sp³-hybridized carbons (Fsp3) is 0.233. The van der Waals surface area contributed by atoms with E-state index in [1.165, 1.54) is 18.4 Å². The second kappa shape index (κ2) is 14.7. The van der Waals surface area contributed by atoms with E-state index in [1.807, 2.05) is 26.0 Å². The molecule has 0 unspecified atom stereocenters. The van der Waals surface area contributed by atoms with Crippen LogP contribution < -0.4 is 24.3 Å². The van der Waals surface area contributed by atoms with E-state index in [4.69, 9.17) is 23.4 Å². The van der Waals surface area contributed by atoms with Crippen LogP contribution in [0.2, 0.25) is 0 Å². The van der Waals surface area contributed by atoms with Crippen molar-refractivity contribution in [1.82, 2.24) is 5.32 Å². The molecule has 0 saturated carbocycles. The van der Waals surface area contributed by atoms with Gasteiger partial charge in [-0.2, -0.15) is 5.26 Å². The average Bonchev–Trinajstić information content (AvgIpc) is 3.46. The lowest BCUT2D eigenvalue weighted by molar-refractivity contribution is -0.129. The van der Waals surface area contributed by atoms with Crippen LogP contribution in [0.5, 0.6) is 23.0 Å². The third-order valence-electron chi connectivity index (χ3n) is 5.14. The van der Waals surface area contributed by atoms with Gasteiger partial charge in [-0.25, -0.2) is 4.79 Å². The van der Waals surface area contributed by atoms with Crippen molar-refractivity contribution in [3.05, 3.63) is 83.3 Å². The van der Waals surface area contributed by atoms with Crippen LogP contribution in [-0.2, 0) is 16.1 Å². The van der Waals surface area contributed by atoms with E-state index in [-0.39, 0.29) is 17.9 Å². The fourth-order valence-corrected chi connectivity index (χ4v) is 3.44. The molecule has 0 aliphatic rings. The minimum atomic E-state index is -0.610. The molecule has 1 heterocycles. The van der Waals surface area contributed by atoms with Crippen molar-refractivity contribution in [2.24, 2.45) is 0 Å². The first-order chi connectivity index (χ1) is 19.0. The monoisotopic (exact) mass is 530 g/mol. The number of nitriles is 1. The summed E-state index contributed by atoms with van der Waals surface area (Å²) in [6.45, 7) is 7.02. The first-order valence-corrected chi connectivity index (χ1v) is 12.5. The van der Waals surface area contributed by atoms with Crippen LogP contribution in [0.25, 0.3) is 12.2 Å². The van der Waals surface area contributed by atoms with Gasteiger partial charge in [-0.1, -0.05) is 12.1 Å². The molecule has 1 amide bonds. The van der Waals surface area contributed by atoms with Crippen molar-refractivity contribution in [3.63, 3.8) is 0 Å². The third-order valence-corrected chi connectivity index (χ3v) is 5.14. The Kier molecular flexibility index (Phi) is 10.8. The summed E-state index contributed by atoms with van der Waals surface area (Å²) >= 11 is 0. The molecule has 1 N–H and O–H groups in total. The standard InChI is InChI=1S/C30H30N2O7/c1-4-35-25-12-9-21(17-27(25)36-5-2)11-14-29(33)39-26-13-10-22(18-28(26)37-6-3)16-23(19-31)30(34)32-20-24-8-7-15-38-24/h7-18H,4-6,20H2,1-3H3,(H,32,34)/b14-11+,23-16+. The first-order valence-electron chi connectivity index (χ1n) is 12.5. The van der Waals surface area contributed by atoms with E-state index in [9.17, 15) is 14.9 Å². The number of carbonyl (C=O) groups is 2. The highest BCUT2D eigenvalue weighted by atomic mass is 16.6. The number of hydrogen-bond acceptors (Lipinski definition) is 8. The highest BCUT2D eigenvalue weighted by molar-refractivity contribution is 6.01. The Morgan fingerprint density at radius 3 is 2.21 bits per heavy atom. The summed E-state index contributed by atoms with van der Waals surface area (Å²) in [6, 6.07) is 15.5. The maximum absolute atomic E-state index is 12.6. The molecule has 3 rings (SSSR count). The highest BCUT2D eigenvalue weighted by Crippen LogP contribution is 2.31. The Balaban J connectivity index is 1.72. The molecule has 0 bridgehead atoms. The van der Waals surface area contributed by atoms with Crippen molar-refractivity contribution in [2.75, 3.05) is 19.8 Å². The Morgan fingerprint density at radius 2 is 1.54 bits per heavy atom. The van der Waals surface area contributed by atoms with Gasteiger partial charge in [0.05, 0.1) is 32.6 Å². The number of nitrogens with one attached hydrogen (secondary N) is 1. The van der Waals surface area contributed by atoms with Crippen molar-refractivity contribution < 1.29 is 33.0 Å². The maximum Gasteiger partial charge on any atom is 0.336 e. The van der Waals surface area contributed by atoms with Crippen molar-refractivity contribution >= 4 is 24.0 Å². The molecule has 1 aromatic heterocycles. The zero-order valence-corrected chi connectivity index (χ0v) is 22.1. The minimum absolute atomic E-state index is 0.0986. The second-order valence-corrected chi connectivity index (χ2v) is 7.90. The van der Waals surface area contributed by atoms with Gasteiger partial charge in [0, 0.05) is 6.08 Å². The number of nitrogens with zero attached hydrogens (tertiary/aromatic N) is 1. The van der Waals surface area contributed by atoms with Gasteiger partial charge in [0.2, 0.25) is 0 Å². The van der Waals surface area contributed by atoms with E-state index in [2.05, 4.69) is 5.32 Å². The van der Waals surface area contributed by atoms with Gasteiger partial charge < -0.3 is 28.7 Å². The topological polar surface area (TPSA) is 120 Å². The van der Waals surface area contributed by atoms with Crippen LogP contribution in [0, 0.1) is 11.3 Å². The van der Waals surface area contributed by atoms with Crippen LogP contribution in [0.4, 0.5) is 0 Å². The van der Waals surface area contributed by atoms with Crippen LogP contribution in [0.1, 0.15) is 37.7 Å². The number of furan rings is 1.